The van der Waals surface area contributed by atoms with E-state index >= 15 is 0 Å². The van der Waals surface area contributed by atoms with Crippen LogP contribution >= 0.6 is 0 Å². The fraction of sp³-hybridized carbons (Fsp3) is 0.357. The highest BCUT2D eigenvalue weighted by atomic mass is 32.2. The normalized spacial score (nSPS) is 13.0. The molecule has 1 aromatic carbocycles. The predicted molar refractivity (Wildman–Crippen MR) is 84.5 cm³/mol. The van der Waals surface area contributed by atoms with E-state index in [1.54, 1.807) is 17.8 Å². The SMILES string of the molecule is CCn1ncc(C(C)NS(=O)(=O)c2cccc([N+](=O)[O-])c2)c1C. The van der Waals surface area contributed by atoms with E-state index in [2.05, 4.69) is 9.82 Å². The van der Waals surface area contributed by atoms with Gasteiger partial charge in [-0.1, -0.05) is 6.07 Å². The first-order valence-electron chi connectivity index (χ1n) is 7.05. The largest absolute Gasteiger partial charge is 0.270 e. The molecule has 0 bridgehead atoms. The summed E-state index contributed by atoms with van der Waals surface area (Å²) in [5, 5.41) is 15.0. The molecule has 1 atom stereocenters. The van der Waals surface area contributed by atoms with Crippen molar-refractivity contribution in [2.75, 3.05) is 0 Å². The van der Waals surface area contributed by atoms with Gasteiger partial charge in [0.2, 0.25) is 10.0 Å². The van der Waals surface area contributed by atoms with Crippen molar-refractivity contribution in [3.8, 4) is 0 Å². The first-order valence-corrected chi connectivity index (χ1v) is 8.53. The lowest BCUT2D eigenvalue weighted by Crippen LogP contribution is -2.27. The van der Waals surface area contributed by atoms with E-state index in [9.17, 15) is 18.5 Å². The van der Waals surface area contributed by atoms with Gasteiger partial charge in [-0.05, 0) is 26.8 Å². The summed E-state index contributed by atoms with van der Waals surface area (Å²) in [6.07, 6.45) is 1.62. The lowest BCUT2D eigenvalue weighted by molar-refractivity contribution is -0.385. The van der Waals surface area contributed by atoms with Gasteiger partial charge in [0.15, 0.2) is 0 Å². The van der Waals surface area contributed by atoms with E-state index in [0.717, 1.165) is 17.3 Å². The van der Waals surface area contributed by atoms with Crippen LogP contribution in [-0.2, 0) is 16.6 Å². The van der Waals surface area contributed by atoms with Crippen LogP contribution in [0.15, 0.2) is 35.4 Å². The fourth-order valence-corrected chi connectivity index (χ4v) is 3.60. The maximum atomic E-state index is 12.4. The molecule has 1 heterocycles. The molecule has 0 amide bonds. The van der Waals surface area contributed by atoms with Crippen LogP contribution in [0.4, 0.5) is 5.69 Å². The second-order valence-electron chi connectivity index (χ2n) is 5.10. The minimum absolute atomic E-state index is 0.140. The first kappa shape index (κ1) is 17.1. The van der Waals surface area contributed by atoms with Gasteiger partial charge in [-0.3, -0.25) is 14.8 Å². The number of non-ortho nitro benzene ring substituents is 1. The molecule has 0 fully saturated rings. The van der Waals surface area contributed by atoms with Gasteiger partial charge in [0, 0.05) is 36.0 Å². The summed E-state index contributed by atoms with van der Waals surface area (Å²) in [5.41, 5.74) is 1.37. The summed E-state index contributed by atoms with van der Waals surface area (Å²) in [4.78, 5) is 10.0. The van der Waals surface area contributed by atoms with E-state index in [1.807, 2.05) is 13.8 Å². The highest BCUT2D eigenvalue weighted by Crippen LogP contribution is 2.22. The van der Waals surface area contributed by atoms with E-state index in [4.69, 9.17) is 0 Å². The first-order chi connectivity index (χ1) is 10.8. The molecule has 8 nitrogen and oxygen atoms in total. The molecule has 1 unspecified atom stereocenters. The average molecular weight is 338 g/mol. The minimum atomic E-state index is -3.87. The van der Waals surface area contributed by atoms with Crippen molar-refractivity contribution in [1.29, 1.82) is 0 Å². The average Bonchev–Trinajstić information content (AvgIpc) is 2.88. The molecule has 1 N–H and O–H groups in total. The zero-order chi connectivity index (χ0) is 17.2. The topological polar surface area (TPSA) is 107 Å². The van der Waals surface area contributed by atoms with Gasteiger partial charge in [-0.15, -0.1) is 0 Å². The molecule has 0 spiro atoms. The molecular weight excluding hydrogens is 320 g/mol. The smallest absolute Gasteiger partial charge is 0.270 e. The van der Waals surface area contributed by atoms with E-state index in [-0.39, 0.29) is 10.6 Å². The Kier molecular flexibility index (Phi) is 4.81. The van der Waals surface area contributed by atoms with Crippen molar-refractivity contribution in [2.24, 2.45) is 0 Å². The summed E-state index contributed by atoms with van der Waals surface area (Å²) in [7, 11) is -3.87. The van der Waals surface area contributed by atoms with Gasteiger partial charge in [0.1, 0.15) is 0 Å². The number of hydrogen-bond donors (Lipinski definition) is 1. The number of aryl methyl sites for hydroxylation is 1. The van der Waals surface area contributed by atoms with Crippen molar-refractivity contribution in [1.82, 2.24) is 14.5 Å². The van der Waals surface area contributed by atoms with Crippen molar-refractivity contribution in [3.05, 3.63) is 51.8 Å². The van der Waals surface area contributed by atoms with Gasteiger partial charge in [-0.25, -0.2) is 13.1 Å². The van der Waals surface area contributed by atoms with Crippen molar-refractivity contribution >= 4 is 15.7 Å². The van der Waals surface area contributed by atoms with Crippen LogP contribution in [0.5, 0.6) is 0 Å². The van der Waals surface area contributed by atoms with E-state index < -0.39 is 21.0 Å². The van der Waals surface area contributed by atoms with Crippen LogP contribution in [0.25, 0.3) is 0 Å². The Balaban J connectivity index is 2.28. The van der Waals surface area contributed by atoms with Gasteiger partial charge in [0.25, 0.3) is 5.69 Å². The molecule has 0 radical (unpaired) electrons. The summed E-state index contributed by atoms with van der Waals surface area (Å²) in [6.45, 7) is 6.21. The third-order valence-electron chi connectivity index (χ3n) is 3.58. The van der Waals surface area contributed by atoms with Crippen LogP contribution in [-0.4, -0.2) is 23.1 Å². The monoisotopic (exact) mass is 338 g/mol. The fourth-order valence-electron chi connectivity index (χ4n) is 2.33. The molecule has 23 heavy (non-hydrogen) atoms. The molecule has 2 rings (SSSR count). The Labute approximate surface area is 134 Å². The number of nitro groups is 1. The number of nitrogens with zero attached hydrogens (tertiary/aromatic N) is 3. The zero-order valence-electron chi connectivity index (χ0n) is 13.1. The lowest BCUT2D eigenvalue weighted by Gasteiger charge is -2.14. The second-order valence-corrected chi connectivity index (χ2v) is 6.81. The molecule has 9 heteroatoms. The summed E-state index contributed by atoms with van der Waals surface area (Å²) in [6, 6.07) is 4.46. The Morgan fingerprint density at radius 3 is 2.70 bits per heavy atom. The minimum Gasteiger partial charge on any atom is -0.270 e. The number of rotatable bonds is 6. The van der Waals surface area contributed by atoms with Crippen LogP contribution in [0, 0.1) is 17.0 Å². The highest BCUT2D eigenvalue weighted by molar-refractivity contribution is 7.89. The van der Waals surface area contributed by atoms with Gasteiger partial charge in [0.05, 0.1) is 16.0 Å². The summed E-state index contributed by atoms with van der Waals surface area (Å²) < 4.78 is 29.1. The van der Waals surface area contributed by atoms with Gasteiger partial charge < -0.3 is 0 Å². The molecule has 0 aliphatic heterocycles. The quantitative estimate of drug-likeness (QED) is 0.641. The van der Waals surface area contributed by atoms with E-state index in [0.29, 0.717) is 6.54 Å². The van der Waals surface area contributed by atoms with Gasteiger partial charge in [-0.2, -0.15) is 5.10 Å². The number of benzene rings is 1. The maximum Gasteiger partial charge on any atom is 0.270 e. The van der Waals surface area contributed by atoms with Gasteiger partial charge >= 0.3 is 0 Å². The highest BCUT2D eigenvalue weighted by Gasteiger charge is 2.22. The molecule has 1 aromatic heterocycles. The number of nitro benzene ring substituents is 1. The molecule has 0 saturated carbocycles. The number of aromatic nitrogens is 2. The van der Waals surface area contributed by atoms with Crippen LogP contribution < -0.4 is 4.72 Å². The van der Waals surface area contributed by atoms with Crippen LogP contribution in [0.1, 0.15) is 31.1 Å². The summed E-state index contributed by atoms with van der Waals surface area (Å²) >= 11 is 0. The number of nitrogens with one attached hydrogen (secondary N) is 1. The maximum absolute atomic E-state index is 12.4. The van der Waals surface area contributed by atoms with Crippen LogP contribution in [0.2, 0.25) is 0 Å². The third kappa shape index (κ3) is 3.57. The predicted octanol–water partition coefficient (Wildman–Crippen LogP) is 2.16. The zero-order valence-corrected chi connectivity index (χ0v) is 13.9. The molecular formula is C14H18N4O4S. The number of hydrogen-bond acceptors (Lipinski definition) is 5. The van der Waals surface area contributed by atoms with Crippen molar-refractivity contribution < 1.29 is 13.3 Å². The van der Waals surface area contributed by atoms with E-state index in [1.165, 1.54) is 18.2 Å². The standard InChI is InChI=1S/C14H18N4O4S/c1-4-17-11(3)14(9-15-17)10(2)16-23(21,22)13-7-5-6-12(8-13)18(19)20/h5-10,16H,4H2,1-3H3. The Morgan fingerprint density at radius 1 is 1.43 bits per heavy atom. The Morgan fingerprint density at radius 2 is 2.13 bits per heavy atom. The lowest BCUT2D eigenvalue weighted by atomic mass is 10.1. The summed E-state index contributed by atoms with van der Waals surface area (Å²) in [5.74, 6) is 0. The molecule has 2 aromatic rings. The Hall–Kier alpha value is -2.26. The number of sulfonamides is 1. The molecule has 124 valence electrons. The van der Waals surface area contributed by atoms with Crippen molar-refractivity contribution in [3.63, 3.8) is 0 Å². The molecule has 0 aliphatic carbocycles. The second kappa shape index (κ2) is 6.47. The van der Waals surface area contributed by atoms with Crippen LogP contribution in [0.3, 0.4) is 0 Å². The van der Waals surface area contributed by atoms with Crippen molar-refractivity contribution in [2.45, 2.75) is 38.3 Å². The molecule has 0 saturated heterocycles. The Bertz CT molecular complexity index is 829. The molecule has 0 aliphatic rings. The third-order valence-corrected chi connectivity index (χ3v) is 5.12.